The minimum absolute atomic E-state index is 0.0229. The van der Waals surface area contributed by atoms with Crippen LogP contribution >= 0.6 is 0 Å². The van der Waals surface area contributed by atoms with Gasteiger partial charge in [0.1, 0.15) is 0 Å². The molecule has 27 heavy (non-hydrogen) atoms. The summed E-state index contributed by atoms with van der Waals surface area (Å²) in [4.78, 5) is 35.9. The van der Waals surface area contributed by atoms with Gasteiger partial charge in [0, 0.05) is 37.4 Å². The first-order valence-corrected chi connectivity index (χ1v) is 8.95. The number of urea groups is 1. The van der Waals surface area contributed by atoms with Crippen LogP contribution in [0.2, 0.25) is 0 Å². The Morgan fingerprint density at radius 3 is 2.59 bits per heavy atom. The van der Waals surface area contributed by atoms with Crippen molar-refractivity contribution < 1.29 is 9.59 Å². The van der Waals surface area contributed by atoms with E-state index in [4.69, 9.17) is 0 Å². The van der Waals surface area contributed by atoms with Crippen LogP contribution < -0.4 is 5.32 Å². The smallest absolute Gasteiger partial charge is 0.321 e. The molecule has 1 fully saturated rings. The summed E-state index contributed by atoms with van der Waals surface area (Å²) < 4.78 is 0. The summed E-state index contributed by atoms with van der Waals surface area (Å²) in [5.74, 6) is -0.0229. The number of rotatable bonds is 2. The number of carbonyl (C=O) groups is 2. The van der Waals surface area contributed by atoms with E-state index in [-0.39, 0.29) is 11.9 Å². The Morgan fingerprint density at radius 1 is 1.04 bits per heavy atom. The number of hydrogen-bond donors (Lipinski definition) is 2. The summed E-state index contributed by atoms with van der Waals surface area (Å²) in [7, 11) is 0. The van der Waals surface area contributed by atoms with Crippen LogP contribution in [0.5, 0.6) is 0 Å². The zero-order valence-electron chi connectivity index (χ0n) is 15.1. The van der Waals surface area contributed by atoms with Crippen LogP contribution in [-0.2, 0) is 0 Å². The first-order valence-electron chi connectivity index (χ1n) is 8.95. The lowest BCUT2D eigenvalue weighted by molar-refractivity contribution is 0.0672. The standard InChI is InChI=1S/C20H21N5O2/c1-14-3-2-4-16(11-14)23-20(27)25-9-7-24(8-10-25)19(26)15-5-6-17-18(12-15)22-13-21-17/h2-6,11-13H,7-10H2,1H3,(H,21,22)(H,23,27). The van der Waals surface area contributed by atoms with E-state index >= 15 is 0 Å². The number of carbonyl (C=O) groups excluding carboxylic acids is 2. The molecule has 0 bridgehead atoms. The fraction of sp³-hybridized carbons (Fsp3) is 0.250. The van der Waals surface area contributed by atoms with Gasteiger partial charge in [-0.2, -0.15) is 0 Å². The zero-order valence-corrected chi connectivity index (χ0v) is 15.1. The fourth-order valence-electron chi connectivity index (χ4n) is 3.29. The third-order valence-corrected chi connectivity index (χ3v) is 4.79. The molecule has 3 amide bonds. The third-order valence-electron chi connectivity index (χ3n) is 4.79. The molecule has 1 saturated heterocycles. The van der Waals surface area contributed by atoms with E-state index in [2.05, 4.69) is 15.3 Å². The molecular formula is C20H21N5O2. The molecule has 0 radical (unpaired) electrons. The van der Waals surface area contributed by atoms with Crippen molar-refractivity contribution in [1.29, 1.82) is 0 Å². The van der Waals surface area contributed by atoms with Gasteiger partial charge in [-0.1, -0.05) is 12.1 Å². The Kier molecular flexibility index (Phi) is 4.50. The second kappa shape index (κ2) is 7.11. The fourth-order valence-corrected chi connectivity index (χ4v) is 3.29. The molecule has 2 N–H and O–H groups in total. The van der Waals surface area contributed by atoms with Crippen LogP contribution in [0.1, 0.15) is 15.9 Å². The minimum Gasteiger partial charge on any atom is -0.345 e. The largest absolute Gasteiger partial charge is 0.345 e. The molecular weight excluding hydrogens is 342 g/mol. The van der Waals surface area contributed by atoms with Crippen molar-refractivity contribution in [2.45, 2.75) is 6.92 Å². The maximum Gasteiger partial charge on any atom is 0.321 e. The van der Waals surface area contributed by atoms with Gasteiger partial charge in [-0.05, 0) is 42.8 Å². The molecule has 4 rings (SSSR count). The number of aromatic amines is 1. The second-order valence-corrected chi connectivity index (χ2v) is 6.71. The van der Waals surface area contributed by atoms with Gasteiger partial charge < -0.3 is 20.1 Å². The summed E-state index contributed by atoms with van der Waals surface area (Å²) in [5, 5.41) is 2.92. The maximum atomic E-state index is 12.7. The van der Waals surface area contributed by atoms with Gasteiger partial charge in [-0.25, -0.2) is 9.78 Å². The van der Waals surface area contributed by atoms with E-state index in [0.29, 0.717) is 31.7 Å². The van der Waals surface area contributed by atoms with Crippen molar-refractivity contribution in [1.82, 2.24) is 19.8 Å². The average molecular weight is 363 g/mol. The van der Waals surface area contributed by atoms with E-state index in [1.807, 2.05) is 43.3 Å². The molecule has 0 saturated carbocycles. The SMILES string of the molecule is Cc1cccc(NC(=O)N2CCN(C(=O)c3ccc4nc[nH]c4c3)CC2)c1. The van der Waals surface area contributed by atoms with E-state index < -0.39 is 0 Å². The van der Waals surface area contributed by atoms with Crippen molar-refractivity contribution in [2.75, 3.05) is 31.5 Å². The monoisotopic (exact) mass is 363 g/mol. The topological polar surface area (TPSA) is 81.3 Å². The number of imidazole rings is 1. The number of benzene rings is 2. The molecule has 1 aliphatic rings. The summed E-state index contributed by atoms with van der Waals surface area (Å²) >= 11 is 0. The lowest BCUT2D eigenvalue weighted by atomic mass is 10.1. The van der Waals surface area contributed by atoms with E-state index in [0.717, 1.165) is 22.3 Å². The predicted octanol–water partition coefficient (Wildman–Crippen LogP) is 2.86. The number of amides is 3. The molecule has 1 aliphatic heterocycles. The van der Waals surface area contributed by atoms with E-state index in [1.165, 1.54) is 0 Å². The van der Waals surface area contributed by atoms with Gasteiger partial charge in [0.15, 0.2) is 0 Å². The van der Waals surface area contributed by atoms with Crippen molar-refractivity contribution in [3.05, 3.63) is 59.9 Å². The van der Waals surface area contributed by atoms with Gasteiger partial charge in [-0.15, -0.1) is 0 Å². The number of aryl methyl sites for hydroxylation is 1. The number of anilines is 1. The molecule has 1 aromatic heterocycles. The average Bonchev–Trinajstić information content (AvgIpc) is 3.15. The highest BCUT2D eigenvalue weighted by atomic mass is 16.2. The Labute approximate surface area is 157 Å². The van der Waals surface area contributed by atoms with Crippen molar-refractivity contribution in [2.24, 2.45) is 0 Å². The Bertz CT molecular complexity index is 989. The van der Waals surface area contributed by atoms with Crippen molar-refractivity contribution in [3.63, 3.8) is 0 Å². The number of piperazine rings is 1. The van der Waals surface area contributed by atoms with Crippen molar-refractivity contribution in [3.8, 4) is 0 Å². The Morgan fingerprint density at radius 2 is 1.81 bits per heavy atom. The van der Waals surface area contributed by atoms with Crippen LogP contribution in [0.25, 0.3) is 11.0 Å². The Hall–Kier alpha value is -3.35. The quantitative estimate of drug-likeness (QED) is 0.735. The minimum atomic E-state index is -0.133. The van der Waals surface area contributed by atoms with Gasteiger partial charge in [0.25, 0.3) is 5.91 Å². The normalized spacial score (nSPS) is 14.4. The van der Waals surface area contributed by atoms with E-state index in [1.54, 1.807) is 22.2 Å². The Balaban J connectivity index is 1.36. The van der Waals surface area contributed by atoms with Gasteiger partial charge >= 0.3 is 6.03 Å². The van der Waals surface area contributed by atoms with Gasteiger partial charge in [-0.3, -0.25) is 4.79 Å². The molecule has 138 valence electrons. The van der Waals surface area contributed by atoms with Gasteiger partial charge in [0.05, 0.1) is 17.4 Å². The van der Waals surface area contributed by atoms with Crippen LogP contribution in [-0.4, -0.2) is 57.9 Å². The number of nitrogens with zero attached hydrogens (tertiary/aromatic N) is 3. The van der Waals surface area contributed by atoms with Crippen LogP contribution in [0, 0.1) is 6.92 Å². The van der Waals surface area contributed by atoms with E-state index in [9.17, 15) is 9.59 Å². The lowest BCUT2D eigenvalue weighted by Gasteiger charge is -2.34. The number of fused-ring (bicyclic) bond motifs is 1. The highest BCUT2D eigenvalue weighted by molar-refractivity contribution is 5.97. The maximum absolute atomic E-state index is 12.7. The highest BCUT2D eigenvalue weighted by Gasteiger charge is 2.25. The number of nitrogens with one attached hydrogen (secondary N) is 2. The van der Waals surface area contributed by atoms with Crippen LogP contribution in [0.3, 0.4) is 0 Å². The summed E-state index contributed by atoms with van der Waals surface area (Å²) in [6.45, 7) is 4.04. The van der Waals surface area contributed by atoms with Crippen LogP contribution in [0.4, 0.5) is 10.5 Å². The number of hydrogen-bond acceptors (Lipinski definition) is 3. The first-order chi connectivity index (χ1) is 13.1. The molecule has 7 nitrogen and oxygen atoms in total. The molecule has 2 heterocycles. The third kappa shape index (κ3) is 3.62. The number of aromatic nitrogens is 2. The van der Waals surface area contributed by atoms with Crippen molar-refractivity contribution >= 4 is 28.7 Å². The molecule has 0 aliphatic carbocycles. The molecule has 7 heteroatoms. The zero-order chi connectivity index (χ0) is 18.8. The summed E-state index contributed by atoms with van der Waals surface area (Å²) in [5.41, 5.74) is 4.19. The highest BCUT2D eigenvalue weighted by Crippen LogP contribution is 2.16. The summed E-state index contributed by atoms with van der Waals surface area (Å²) in [6.07, 6.45) is 1.62. The number of H-pyrrole nitrogens is 1. The second-order valence-electron chi connectivity index (χ2n) is 6.71. The van der Waals surface area contributed by atoms with Crippen LogP contribution in [0.15, 0.2) is 48.8 Å². The molecule has 0 unspecified atom stereocenters. The molecule has 2 aromatic carbocycles. The lowest BCUT2D eigenvalue weighted by Crippen LogP contribution is -2.51. The predicted molar refractivity (Wildman–Crippen MR) is 104 cm³/mol. The first kappa shape index (κ1) is 17.1. The molecule has 3 aromatic rings. The molecule has 0 atom stereocenters. The summed E-state index contributed by atoms with van der Waals surface area (Å²) in [6, 6.07) is 13.0. The molecule has 0 spiro atoms. The van der Waals surface area contributed by atoms with Gasteiger partial charge in [0.2, 0.25) is 0 Å².